The molecule has 27 heavy (non-hydrogen) atoms. The number of hydrogen-bond acceptors (Lipinski definition) is 4. The van der Waals surface area contributed by atoms with Crippen molar-refractivity contribution in [1.82, 2.24) is 5.32 Å². The lowest BCUT2D eigenvalue weighted by atomic mass is 9.98. The van der Waals surface area contributed by atoms with E-state index in [1.807, 2.05) is 6.92 Å². The number of esters is 1. The molecule has 8 heteroatoms. The van der Waals surface area contributed by atoms with Gasteiger partial charge in [-0.25, -0.2) is 0 Å². The molecular weight excluding hydrogens is 370 g/mol. The Hall–Kier alpha value is -2.12. The zero-order valence-electron chi connectivity index (χ0n) is 15.8. The topological polar surface area (TPSA) is 88.9 Å². The molecule has 3 N–H and O–H groups in total. The van der Waals surface area contributed by atoms with E-state index in [-0.39, 0.29) is 36.8 Å². The van der Waals surface area contributed by atoms with E-state index in [9.17, 15) is 14.4 Å². The number of piperidine rings is 1. The summed E-state index contributed by atoms with van der Waals surface area (Å²) >= 11 is 6.03. The molecule has 1 aliphatic heterocycles. The maximum absolute atomic E-state index is 12.1. The van der Waals surface area contributed by atoms with Crippen LogP contribution < -0.4 is 15.5 Å². The minimum absolute atomic E-state index is 0.112. The Morgan fingerprint density at radius 1 is 1.30 bits per heavy atom. The van der Waals surface area contributed by atoms with Crippen LogP contribution in [-0.2, 0) is 19.1 Å². The molecule has 1 fully saturated rings. The molecule has 2 atom stereocenters. The van der Waals surface area contributed by atoms with Gasteiger partial charge in [-0.15, -0.1) is 0 Å². The second-order valence-corrected chi connectivity index (χ2v) is 7.12. The Labute approximate surface area is 164 Å². The summed E-state index contributed by atoms with van der Waals surface area (Å²) in [5.74, 6) is -0.874. The highest BCUT2D eigenvalue weighted by molar-refractivity contribution is 6.31. The van der Waals surface area contributed by atoms with Gasteiger partial charge in [0.15, 0.2) is 6.54 Å². The van der Waals surface area contributed by atoms with Gasteiger partial charge in [0.05, 0.1) is 26.2 Å². The van der Waals surface area contributed by atoms with Crippen molar-refractivity contribution in [1.29, 1.82) is 0 Å². The number of halogens is 1. The van der Waals surface area contributed by atoms with Gasteiger partial charge in [0, 0.05) is 10.7 Å². The van der Waals surface area contributed by atoms with Crippen LogP contribution in [0.1, 0.15) is 25.3 Å². The first-order valence-corrected chi connectivity index (χ1v) is 9.60. The lowest BCUT2D eigenvalue weighted by Gasteiger charge is -2.28. The highest BCUT2D eigenvalue weighted by Gasteiger charge is 2.30. The first-order chi connectivity index (χ1) is 12.9. The van der Waals surface area contributed by atoms with Gasteiger partial charge in [-0.05, 0) is 44.4 Å². The number of benzene rings is 1. The normalized spacial score (nSPS) is 19.2. The van der Waals surface area contributed by atoms with E-state index in [2.05, 4.69) is 10.6 Å². The molecule has 2 rings (SSSR count). The van der Waals surface area contributed by atoms with Gasteiger partial charge in [-0.2, -0.15) is 0 Å². The molecular formula is C19H27ClN3O4+. The molecule has 7 nitrogen and oxygen atoms in total. The monoisotopic (exact) mass is 396 g/mol. The van der Waals surface area contributed by atoms with Gasteiger partial charge in [0.25, 0.3) is 5.91 Å². The fraction of sp³-hybridized carbons (Fsp3) is 0.526. The quantitative estimate of drug-likeness (QED) is 0.587. The van der Waals surface area contributed by atoms with Crippen molar-refractivity contribution in [2.45, 2.75) is 26.7 Å². The van der Waals surface area contributed by atoms with Crippen LogP contribution in [0.25, 0.3) is 0 Å². The zero-order chi connectivity index (χ0) is 19.8. The third kappa shape index (κ3) is 6.52. The summed E-state index contributed by atoms with van der Waals surface area (Å²) < 4.78 is 5.07. The summed E-state index contributed by atoms with van der Waals surface area (Å²) in [4.78, 5) is 37.1. The molecule has 2 amide bonds. The predicted octanol–water partition coefficient (Wildman–Crippen LogP) is 0.561. The fourth-order valence-electron chi connectivity index (χ4n) is 3.18. The highest BCUT2D eigenvalue weighted by atomic mass is 35.5. The Kier molecular flexibility index (Phi) is 8.06. The van der Waals surface area contributed by atoms with Crippen molar-refractivity contribution < 1.29 is 24.0 Å². The van der Waals surface area contributed by atoms with Gasteiger partial charge < -0.3 is 20.3 Å². The Morgan fingerprint density at radius 2 is 2.07 bits per heavy atom. The second-order valence-electron chi connectivity index (χ2n) is 6.71. The molecule has 1 aliphatic rings. The van der Waals surface area contributed by atoms with Gasteiger partial charge in [-0.3, -0.25) is 14.4 Å². The van der Waals surface area contributed by atoms with E-state index >= 15 is 0 Å². The number of nitrogens with one attached hydrogen (secondary N) is 3. The first kappa shape index (κ1) is 21.2. The van der Waals surface area contributed by atoms with Crippen LogP contribution in [0, 0.1) is 12.8 Å². The maximum Gasteiger partial charge on any atom is 0.314 e. The largest absolute Gasteiger partial charge is 0.466 e. The van der Waals surface area contributed by atoms with E-state index in [1.165, 1.54) is 0 Å². The lowest BCUT2D eigenvalue weighted by Crippen LogP contribution is -3.14. The SMILES string of the molecule is CCOC(=O)[C@@H]1CCC[NH+](CC(=O)NCC(=O)Nc2cccc(Cl)c2C)C1. The summed E-state index contributed by atoms with van der Waals surface area (Å²) in [5.41, 5.74) is 1.40. The van der Waals surface area contributed by atoms with Crippen LogP contribution in [0.3, 0.4) is 0 Å². The Balaban J connectivity index is 1.76. The molecule has 1 heterocycles. The minimum Gasteiger partial charge on any atom is -0.466 e. The molecule has 0 aromatic heterocycles. The number of carbonyl (C=O) groups excluding carboxylic acids is 3. The number of hydrogen-bond donors (Lipinski definition) is 3. The number of ether oxygens (including phenoxy) is 1. The summed E-state index contributed by atoms with van der Waals surface area (Å²) in [6.45, 7) is 5.51. The van der Waals surface area contributed by atoms with Crippen LogP contribution in [0.4, 0.5) is 5.69 Å². The van der Waals surface area contributed by atoms with Crippen LogP contribution in [0.5, 0.6) is 0 Å². The van der Waals surface area contributed by atoms with Crippen LogP contribution in [0.2, 0.25) is 5.02 Å². The van der Waals surface area contributed by atoms with E-state index in [1.54, 1.807) is 25.1 Å². The van der Waals surface area contributed by atoms with E-state index < -0.39 is 0 Å². The van der Waals surface area contributed by atoms with Gasteiger partial charge in [0.2, 0.25) is 5.91 Å². The van der Waals surface area contributed by atoms with Crippen molar-refractivity contribution >= 4 is 35.1 Å². The Morgan fingerprint density at radius 3 is 2.81 bits per heavy atom. The number of anilines is 1. The molecule has 0 aliphatic carbocycles. The van der Waals surface area contributed by atoms with Crippen molar-refractivity contribution in [3.63, 3.8) is 0 Å². The number of amides is 2. The predicted molar refractivity (Wildman–Crippen MR) is 103 cm³/mol. The van der Waals surface area contributed by atoms with Crippen LogP contribution in [-0.4, -0.2) is 50.6 Å². The summed E-state index contributed by atoms with van der Waals surface area (Å²) in [5, 5.41) is 5.94. The van der Waals surface area contributed by atoms with Crippen LogP contribution >= 0.6 is 11.6 Å². The van der Waals surface area contributed by atoms with Crippen molar-refractivity contribution in [2.75, 3.05) is 38.1 Å². The number of quaternary nitrogens is 1. The summed E-state index contributed by atoms with van der Waals surface area (Å²) in [6, 6.07) is 5.26. The third-order valence-electron chi connectivity index (χ3n) is 4.64. The van der Waals surface area contributed by atoms with Gasteiger partial charge in [0.1, 0.15) is 5.92 Å². The fourth-order valence-corrected chi connectivity index (χ4v) is 3.35. The van der Waals surface area contributed by atoms with Crippen molar-refractivity contribution in [3.8, 4) is 0 Å². The second kappa shape index (κ2) is 10.3. The van der Waals surface area contributed by atoms with Crippen molar-refractivity contribution in [2.24, 2.45) is 5.92 Å². The molecule has 0 saturated carbocycles. The molecule has 1 unspecified atom stereocenters. The zero-order valence-corrected chi connectivity index (χ0v) is 16.5. The average molecular weight is 397 g/mol. The minimum atomic E-state index is -0.313. The van der Waals surface area contributed by atoms with Crippen LogP contribution in [0.15, 0.2) is 18.2 Å². The van der Waals surface area contributed by atoms with E-state index in [0.29, 0.717) is 23.9 Å². The standard InChI is InChI=1S/C19H26ClN3O4/c1-3-27-19(26)14-6-5-9-23(11-14)12-18(25)21-10-17(24)22-16-8-4-7-15(20)13(16)2/h4,7-8,14H,3,5-6,9-12H2,1-2H3,(H,21,25)(H,22,24)/p+1/t14-/m1/s1. The third-order valence-corrected chi connectivity index (χ3v) is 5.05. The molecule has 0 bridgehead atoms. The molecule has 148 valence electrons. The number of likely N-dealkylation sites (tertiary alicyclic amines) is 1. The molecule has 1 aromatic carbocycles. The van der Waals surface area contributed by atoms with Gasteiger partial charge >= 0.3 is 5.97 Å². The lowest BCUT2D eigenvalue weighted by molar-refractivity contribution is -0.899. The average Bonchev–Trinajstić information content (AvgIpc) is 2.64. The molecule has 1 aromatic rings. The number of carbonyl (C=O) groups is 3. The maximum atomic E-state index is 12.1. The van der Waals surface area contributed by atoms with Gasteiger partial charge in [-0.1, -0.05) is 17.7 Å². The highest BCUT2D eigenvalue weighted by Crippen LogP contribution is 2.22. The summed E-state index contributed by atoms with van der Waals surface area (Å²) in [6.07, 6.45) is 1.67. The Bertz CT molecular complexity index is 696. The smallest absolute Gasteiger partial charge is 0.314 e. The first-order valence-electron chi connectivity index (χ1n) is 9.22. The van der Waals surface area contributed by atoms with E-state index in [4.69, 9.17) is 16.3 Å². The molecule has 0 radical (unpaired) electrons. The summed E-state index contributed by atoms with van der Waals surface area (Å²) in [7, 11) is 0. The molecule has 1 saturated heterocycles. The number of rotatable bonds is 7. The molecule has 0 spiro atoms. The van der Waals surface area contributed by atoms with E-state index in [0.717, 1.165) is 29.8 Å². The van der Waals surface area contributed by atoms with Crippen molar-refractivity contribution in [3.05, 3.63) is 28.8 Å².